The van der Waals surface area contributed by atoms with Crippen molar-refractivity contribution in [1.29, 1.82) is 0 Å². The molecule has 0 saturated heterocycles. The van der Waals surface area contributed by atoms with Crippen LogP contribution >= 0.6 is 22.9 Å². The Kier molecular flexibility index (Phi) is 4.50. The normalized spacial score (nSPS) is 14.2. The van der Waals surface area contributed by atoms with Gasteiger partial charge in [-0.3, -0.25) is 0 Å². The van der Waals surface area contributed by atoms with Gasteiger partial charge >= 0.3 is 0 Å². The number of aryl methyl sites for hydroxylation is 2. The van der Waals surface area contributed by atoms with Gasteiger partial charge in [0.05, 0.1) is 0 Å². The fraction of sp³-hybridized carbons (Fsp3) is 0.333. The first-order valence-electron chi connectivity index (χ1n) is 6.21. The zero-order chi connectivity index (χ0) is 14.0. The van der Waals surface area contributed by atoms with Crippen LogP contribution in [0.1, 0.15) is 29.0 Å². The summed E-state index contributed by atoms with van der Waals surface area (Å²) in [5.74, 6) is 0.833. The molecule has 2 aromatic rings. The van der Waals surface area contributed by atoms with Crippen molar-refractivity contribution in [1.82, 2.24) is 0 Å². The fourth-order valence-electron chi connectivity index (χ4n) is 1.96. The van der Waals surface area contributed by atoms with E-state index in [2.05, 4.69) is 18.4 Å². The van der Waals surface area contributed by atoms with Crippen LogP contribution in [-0.2, 0) is 0 Å². The van der Waals surface area contributed by atoms with Crippen LogP contribution in [0.25, 0.3) is 0 Å². The lowest BCUT2D eigenvalue weighted by molar-refractivity contribution is 0.182. The molecule has 0 aliphatic rings. The van der Waals surface area contributed by atoms with Crippen LogP contribution in [-0.4, -0.2) is 6.04 Å². The molecule has 19 heavy (non-hydrogen) atoms. The minimum atomic E-state index is -0.125. The summed E-state index contributed by atoms with van der Waals surface area (Å²) >= 11 is 7.65. The standard InChI is InChI=1S/C15H18ClNOS/c1-9-6-7-19-15(9)14(11(3)17)18-13-5-4-12(16)8-10(13)2/h4-8,11,14H,17H2,1-3H3. The maximum Gasteiger partial charge on any atom is 0.148 e. The summed E-state index contributed by atoms with van der Waals surface area (Å²) in [5, 5.41) is 2.78. The van der Waals surface area contributed by atoms with Gasteiger partial charge in [0.25, 0.3) is 0 Å². The summed E-state index contributed by atoms with van der Waals surface area (Å²) in [7, 11) is 0. The Balaban J connectivity index is 2.29. The molecule has 4 heteroatoms. The number of halogens is 1. The molecule has 0 aliphatic carbocycles. The Bertz CT molecular complexity index is 565. The van der Waals surface area contributed by atoms with Crippen molar-refractivity contribution < 1.29 is 4.74 Å². The van der Waals surface area contributed by atoms with Gasteiger partial charge in [-0.05, 0) is 61.5 Å². The molecule has 0 radical (unpaired) electrons. The second kappa shape index (κ2) is 5.95. The van der Waals surface area contributed by atoms with E-state index in [4.69, 9.17) is 22.1 Å². The van der Waals surface area contributed by atoms with Crippen molar-refractivity contribution in [2.45, 2.75) is 32.9 Å². The van der Waals surface area contributed by atoms with Crippen LogP contribution in [0, 0.1) is 13.8 Å². The lowest BCUT2D eigenvalue weighted by Gasteiger charge is -2.23. The second-order valence-electron chi connectivity index (χ2n) is 4.78. The van der Waals surface area contributed by atoms with E-state index in [9.17, 15) is 0 Å². The maximum absolute atomic E-state index is 6.11. The molecule has 0 aliphatic heterocycles. The van der Waals surface area contributed by atoms with E-state index in [1.165, 1.54) is 10.4 Å². The molecule has 1 aromatic heterocycles. The summed E-state index contributed by atoms with van der Waals surface area (Å²) < 4.78 is 6.11. The van der Waals surface area contributed by atoms with Crippen molar-refractivity contribution in [3.05, 3.63) is 50.7 Å². The largest absolute Gasteiger partial charge is 0.483 e. The van der Waals surface area contributed by atoms with Gasteiger partial charge in [-0.2, -0.15) is 0 Å². The Morgan fingerprint density at radius 1 is 1.21 bits per heavy atom. The van der Waals surface area contributed by atoms with Crippen LogP contribution in [0.3, 0.4) is 0 Å². The van der Waals surface area contributed by atoms with E-state index in [1.807, 2.05) is 32.0 Å². The quantitative estimate of drug-likeness (QED) is 0.902. The summed E-state index contributed by atoms with van der Waals surface area (Å²) in [6.45, 7) is 6.04. The Morgan fingerprint density at radius 2 is 1.95 bits per heavy atom. The SMILES string of the molecule is Cc1cc(Cl)ccc1OC(c1sccc1C)C(C)N. The summed E-state index contributed by atoms with van der Waals surface area (Å²) in [6.07, 6.45) is -0.125. The first kappa shape index (κ1) is 14.4. The van der Waals surface area contributed by atoms with Crippen LogP contribution in [0.5, 0.6) is 5.75 Å². The molecule has 1 aromatic carbocycles. The molecule has 2 unspecified atom stereocenters. The lowest BCUT2D eigenvalue weighted by atomic mass is 10.1. The van der Waals surface area contributed by atoms with Crippen molar-refractivity contribution in [2.75, 3.05) is 0 Å². The van der Waals surface area contributed by atoms with E-state index in [0.717, 1.165) is 16.3 Å². The van der Waals surface area contributed by atoms with Gasteiger partial charge in [0.15, 0.2) is 0 Å². The van der Waals surface area contributed by atoms with Crippen LogP contribution in [0.4, 0.5) is 0 Å². The second-order valence-corrected chi connectivity index (χ2v) is 6.16. The minimum absolute atomic E-state index is 0.0765. The van der Waals surface area contributed by atoms with Crippen molar-refractivity contribution >= 4 is 22.9 Å². The highest BCUT2D eigenvalue weighted by molar-refractivity contribution is 7.10. The third-order valence-corrected chi connectivity index (χ3v) is 4.34. The molecule has 1 heterocycles. The molecule has 102 valence electrons. The monoisotopic (exact) mass is 295 g/mol. The molecule has 0 amide bonds. The average molecular weight is 296 g/mol. The van der Waals surface area contributed by atoms with E-state index < -0.39 is 0 Å². The van der Waals surface area contributed by atoms with E-state index in [0.29, 0.717) is 0 Å². The molecule has 0 bridgehead atoms. The van der Waals surface area contributed by atoms with Crippen LogP contribution in [0.2, 0.25) is 5.02 Å². The predicted molar refractivity (Wildman–Crippen MR) is 82.3 cm³/mol. The number of ether oxygens (including phenoxy) is 1. The molecule has 0 spiro atoms. The highest BCUT2D eigenvalue weighted by Gasteiger charge is 2.22. The van der Waals surface area contributed by atoms with E-state index in [1.54, 1.807) is 11.3 Å². The molecule has 2 atom stereocenters. The first-order chi connectivity index (χ1) is 8.99. The molecule has 2 rings (SSSR count). The number of hydrogen-bond donors (Lipinski definition) is 1. The molecule has 2 nitrogen and oxygen atoms in total. The zero-order valence-electron chi connectivity index (χ0n) is 11.3. The first-order valence-corrected chi connectivity index (χ1v) is 7.47. The summed E-state index contributed by atoms with van der Waals surface area (Å²) in [4.78, 5) is 1.18. The van der Waals surface area contributed by atoms with Gasteiger partial charge in [0.1, 0.15) is 11.9 Å². The van der Waals surface area contributed by atoms with E-state index in [-0.39, 0.29) is 12.1 Å². The molecular formula is C15H18ClNOS. The van der Waals surface area contributed by atoms with Crippen LogP contribution < -0.4 is 10.5 Å². The molecule has 2 N–H and O–H groups in total. The third kappa shape index (κ3) is 3.30. The highest BCUT2D eigenvalue weighted by Crippen LogP contribution is 2.32. The number of benzene rings is 1. The third-order valence-electron chi connectivity index (χ3n) is 3.03. The van der Waals surface area contributed by atoms with Gasteiger partial charge in [-0.25, -0.2) is 0 Å². The Morgan fingerprint density at radius 3 is 2.47 bits per heavy atom. The average Bonchev–Trinajstić information content (AvgIpc) is 2.74. The van der Waals surface area contributed by atoms with Gasteiger partial charge < -0.3 is 10.5 Å². The molecule has 0 fully saturated rings. The van der Waals surface area contributed by atoms with Crippen molar-refractivity contribution in [3.8, 4) is 5.75 Å². The van der Waals surface area contributed by atoms with Gasteiger partial charge in [0, 0.05) is 15.9 Å². The number of rotatable bonds is 4. The smallest absolute Gasteiger partial charge is 0.148 e. The lowest BCUT2D eigenvalue weighted by Crippen LogP contribution is -2.29. The number of nitrogens with two attached hydrogens (primary N) is 1. The Labute approximate surface area is 123 Å². The van der Waals surface area contributed by atoms with Crippen molar-refractivity contribution in [2.24, 2.45) is 5.73 Å². The Hall–Kier alpha value is -1.03. The highest BCUT2D eigenvalue weighted by atomic mass is 35.5. The molecule has 0 saturated carbocycles. The number of thiophene rings is 1. The summed E-state index contributed by atoms with van der Waals surface area (Å²) in [6, 6.07) is 7.65. The van der Waals surface area contributed by atoms with Crippen molar-refractivity contribution in [3.63, 3.8) is 0 Å². The van der Waals surface area contributed by atoms with Gasteiger partial charge in [-0.1, -0.05) is 11.6 Å². The predicted octanol–water partition coefficient (Wildman–Crippen LogP) is 4.49. The molecular weight excluding hydrogens is 278 g/mol. The topological polar surface area (TPSA) is 35.2 Å². The minimum Gasteiger partial charge on any atom is -0.483 e. The van der Waals surface area contributed by atoms with Gasteiger partial charge in [0.2, 0.25) is 0 Å². The van der Waals surface area contributed by atoms with Crippen LogP contribution in [0.15, 0.2) is 29.6 Å². The van der Waals surface area contributed by atoms with E-state index >= 15 is 0 Å². The fourth-order valence-corrected chi connectivity index (χ4v) is 3.25. The summed E-state index contributed by atoms with van der Waals surface area (Å²) in [5.41, 5.74) is 8.32. The maximum atomic E-state index is 6.11. The van der Waals surface area contributed by atoms with Gasteiger partial charge in [-0.15, -0.1) is 11.3 Å². The zero-order valence-corrected chi connectivity index (χ0v) is 12.9. The number of hydrogen-bond acceptors (Lipinski definition) is 3.